The highest BCUT2D eigenvalue weighted by molar-refractivity contribution is 5.85. The Balaban J connectivity index is 1.48. The summed E-state index contributed by atoms with van der Waals surface area (Å²) in [5, 5.41) is 4.53. The Morgan fingerprint density at radius 1 is 1.06 bits per heavy atom. The van der Waals surface area contributed by atoms with Crippen molar-refractivity contribution in [2.75, 3.05) is 18.9 Å². The summed E-state index contributed by atoms with van der Waals surface area (Å²) in [7, 11) is 0. The second-order valence-electron chi connectivity index (χ2n) is 7.76. The van der Waals surface area contributed by atoms with E-state index in [2.05, 4.69) is 15.1 Å². The highest BCUT2D eigenvalue weighted by Gasteiger charge is 2.47. The van der Waals surface area contributed by atoms with Crippen molar-refractivity contribution in [1.29, 1.82) is 0 Å². The number of hydrogen-bond donors (Lipinski definition) is 2. The summed E-state index contributed by atoms with van der Waals surface area (Å²) in [6.45, 7) is 0.170. The molecule has 4 aromatic rings. The molecule has 0 saturated carbocycles. The maximum absolute atomic E-state index is 13.3. The first-order valence-corrected chi connectivity index (χ1v) is 10.0. The molecular formula is C22H17F3N6O3. The fourth-order valence-corrected chi connectivity index (χ4v) is 3.52. The molecule has 1 aliphatic heterocycles. The summed E-state index contributed by atoms with van der Waals surface area (Å²) in [6, 6.07) is 11.2. The van der Waals surface area contributed by atoms with Crippen molar-refractivity contribution in [3.63, 3.8) is 0 Å². The van der Waals surface area contributed by atoms with E-state index in [-0.39, 0.29) is 18.8 Å². The number of pyridine rings is 1. The Labute approximate surface area is 190 Å². The molecular weight excluding hydrogens is 453 g/mol. The lowest BCUT2D eigenvalue weighted by atomic mass is 10.0. The topological polar surface area (TPSA) is 131 Å². The van der Waals surface area contributed by atoms with Crippen molar-refractivity contribution in [3.8, 4) is 28.3 Å². The Hall–Kier alpha value is -4.19. The number of primary amides is 1. The van der Waals surface area contributed by atoms with Crippen LogP contribution in [0.25, 0.3) is 28.2 Å². The van der Waals surface area contributed by atoms with Gasteiger partial charge in [0.25, 0.3) is 5.91 Å². The zero-order chi connectivity index (χ0) is 24.1. The smallest absolute Gasteiger partial charge is 0.419 e. The first-order chi connectivity index (χ1) is 16.2. The molecule has 0 aliphatic carbocycles. The van der Waals surface area contributed by atoms with E-state index in [4.69, 9.17) is 20.9 Å². The number of ether oxygens (including phenoxy) is 2. The minimum atomic E-state index is -4.64. The van der Waals surface area contributed by atoms with Crippen molar-refractivity contribution < 1.29 is 27.4 Å². The van der Waals surface area contributed by atoms with Crippen molar-refractivity contribution in [2.45, 2.75) is 11.8 Å². The third kappa shape index (κ3) is 3.67. The molecule has 0 atom stereocenters. The van der Waals surface area contributed by atoms with Crippen LogP contribution < -0.4 is 16.2 Å². The molecule has 0 radical (unpaired) electrons. The molecule has 9 nitrogen and oxygen atoms in total. The first kappa shape index (κ1) is 21.6. The number of fused-ring (bicyclic) bond motifs is 1. The number of benzene rings is 1. The molecule has 1 amide bonds. The van der Waals surface area contributed by atoms with Crippen LogP contribution in [0.15, 0.2) is 54.9 Å². The average Bonchev–Trinajstić information content (AvgIpc) is 3.19. The molecule has 1 aromatic carbocycles. The van der Waals surface area contributed by atoms with Gasteiger partial charge in [-0.25, -0.2) is 14.5 Å². The van der Waals surface area contributed by atoms with E-state index in [0.29, 0.717) is 28.3 Å². The highest BCUT2D eigenvalue weighted by Crippen LogP contribution is 2.35. The van der Waals surface area contributed by atoms with Gasteiger partial charge in [-0.1, -0.05) is 0 Å². The Morgan fingerprint density at radius 2 is 1.79 bits per heavy atom. The Morgan fingerprint density at radius 3 is 2.41 bits per heavy atom. The van der Waals surface area contributed by atoms with Gasteiger partial charge >= 0.3 is 6.18 Å². The molecule has 1 fully saturated rings. The third-order valence-electron chi connectivity index (χ3n) is 5.46. The van der Waals surface area contributed by atoms with Crippen LogP contribution in [0.2, 0.25) is 0 Å². The molecule has 4 heterocycles. The summed E-state index contributed by atoms with van der Waals surface area (Å²) < 4.78 is 52.0. The van der Waals surface area contributed by atoms with Crippen LogP contribution in [0.5, 0.6) is 5.75 Å². The maximum atomic E-state index is 13.3. The van der Waals surface area contributed by atoms with Gasteiger partial charge in [0.05, 0.1) is 36.4 Å². The number of nitrogens with two attached hydrogens (primary N) is 2. The highest BCUT2D eigenvalue weighted by atomic mass is 19.4. The van der Waals surface area contributed by atoms with E-state index in [1.54, 1.807) is 36.4 Å². The molecule has 5 rings (SSSR count). The fourth-order valence-electron chi connectivity index (χ4n) is 3.52. The van der Waals surface area contributed by atoms with Gasteiger partial charge in [-0.15, -0.1) is 0 Å². The first-order valence-electron chi connectivity index (χ1n) is 10.0. The second kappa shape index (κ2) is 7.70. The number of alkyl halides is 3. The number of aromatic nitrogens is 4. The lowest BCUT2D eigenvalue weighted by molar-refractivity contribution is -0.178. The SMILES string of the molecule is NC(=O)C1(Oc2ccc(-c3ccc4ncc(-c5cnc(N)c(C(F)(F)F)c5)n4n3)cc2)COC1. The zero-order valence-electron chi connectivity index (χ0n) is 17.4. The van der Waals surface area contributed by atoms with E-state index in [0.717, 1.165) is 6.07 Å². The van der Waals surface area contributed by atoms with Crippen LogP contribution in [0.1, 0.15) is 5.56 Å². The molecule has 3 aromatic heterocycles. The predicted octanol–water partition coefficient (Wildman–Crippen LogP) is 2.69. The monoisotopic (exact) mass is 470 g/mol. The number of halogens is 3. The number of nitrogen functional groups attached to an aromatic ring is 1. The number of nitrogens with zero attached hydrogens (tertiary/aromatic N) is 4. The van der Waals surface area contributed by atoms with Crippen molar-refractivity contribution >= 4 is 17.4 Å². The maximum Gasteiger partial charge on any atom is 0.419 e. The van der Waals surface area contributed by atoms with Crippen molar-refractivity contribution in [3.05, 3.63) is 60.4 Å². The van der Waals surface area contributed by atoms with Gasteiger partial charge in [0, 0.05) is 17.3 Å². The van der Waals surface area contributed by atoms with Gasteiger partial charge in [-0.3, -0.25) is 4.79 Å². The number of imidazole rings is 1. The van der Waals surface area contributed by atoms with Gasteiger partial charge in [0.1, 0.15) is 11.6 Å². The number of hydrogen-bond acceptors (Lipinski definition) is 7. The number of carbonyl (C=O) groups is 1. The van der Waals surface area contributed by atoms with Crippen LogP contribution >= 0.6 is 0 Å². The normalized spacial score (nSPS) is 15.1. The van der Waals surface area contributed by atoms with Crippen LogP contribution in [0, 0.1) is 0 Å². The van der Waals surface area contributed by atoms with Crippen molar-refractivity contribution in [1.82, 2.24) is 19.6 Å². The molecule has 1 saturated heterocycles. The largest absolute Gasteiger partial charge is 0.473 e. The van der Waals surface area contributed by atoms with E-state index in [1.165, 1.54) is 16.9 Å². The number of carbonyl (C=O) groups excluding carboxylic acids is 1. The van der Waals surface area contributed by atoms with Crippen molar-refractivity contribution in [2.24, 2.45) is 5.73 Å². The number of rotatable bonds is 5. The summed E-state index contributed by atoms with van der Waals surface area (Å²) in [6.07, 6.45) is -1.98. The minimum absolute atomic E-state index is 0.0851. The predicted molar refractivity (Wildman–Crippen MR) is 114 cm³/mol. The molecule has 0 unspecified atom stereocenters. The Bertz CT molecular complexity index is 1400. The molecule has 174 valence electrons. The second-order valence-corrected chi connectivity index (χ2v) is 7.76. The Kier molecular flexibility index (Phi) is 4.90. The lowest BCUT2D eigenvalue weighted by Crippen LogP contribution is -2.63. The quantitative estimate of drug-likeness (QED) is 0.459. The van der Waals surface area contributed by atoms with Crippen LogP contribution in [-0.4, -0.2) is 44.3 Å². The average molecular weight is 470 g/mol. The number of amides is 1. The third-order valence-corrected chi connectivity index (χ3v) is 5.46. The molecule has 1 aliphatic rings. The zero-order valence-corrected chi connectivity index (χ0v) is 17.4. The van der Waals surface area contributed by atoms with Gasteiger partial charge in [0.2, 0.25) is 5.60 Å². The molecule has 34 heavy (non-hydrogen) atoms. The molecule has 4 N–H and O–H groups in total. The van der Waals surface area contributed by atoms with Crippen LogP contribution in [0.3, 0.4) is 0 Å². The van der Waals surface area contributed by atoms with E-state index >= 15 is 0 Å². The standard InChI is InChI=1S/C22H17F3N6O3/c23-22(24,25)15-7-13(8-29-19(15)26)17-9-28-18-6-5-16(30-31(17)18)12-1-3-14(4-2-12)34-21(20(27)32)10-33-11-21/h1-9H,10-11H2,(H2,26,29)(H2,27,32). The van der Waals surface area contributed by atoms with Gasteiger partial charge in [0.15, 0.2) is 5.65 Å². The summed E-state index contributed by atoms with van der Waals surface area (Å²) in [4.78, 5) is 19.6. The lowest BCUT2D eigenvalue weighted by Gasteiger charge is -2.38. The van der Waals surface area contributed by atoms with Gasteiger partial charge < -0.3 is 20.9 Å². The summed E-state index contributed by atoms with van der Waals surface area (Å²) in [5.74, 6) is -0.774. The number of anilines is 1. The molecule has 12 heteroatoms. The van der Waals surface area contributed by atoms with E-state index < -0.39 is 29.1 Å². The van der Waals surface area contributed by atoms with Crippen LogP contribution in [0.4, 0.5) is 19.0 Å². The fraction of sp³-hybridized carbons (Fsp3) is 0.182. The van der Waals surface area contributed by atoms with E-state index in [9.17, 15) is 18.0 Å². The van der Waals surface area contributed by atoms with Gasteiger partial charge in [-0.05, 0) is 42.5 Å². The van der Waals surface area contributed by atoms with E-state index in [1.807, 2.05) is 0 Å². The minimum Gasteiger partial charge on any atom is -0.473 e. The summed E-state index contributed by atoms with van der Waals surface area (Å²) in [5.41, 5.74) is 10.8. The molecule has 0 bridgehead atoms. The van der Waals surface area contributed by atoms with Gasteiger partial charge in [-0.2, -0.15) is 18.3 Å². The van der Waals surface area contributed by atoms with Crippen LogP contribution in [-0.2, 0) is 15.7 Å². The summed E-state index contributed by atoms with van der Waals surface area (Å²) >= 11 is 0. The molecule has 0 spiro atoms.